The average Bonchev–Trinajstić information content (AvgIpc) is 2.74. The van der Waals surface area contributed by atoms with Crippen molar-refractivity contribution in [3.05, 3.63) is 58.7 Å². The Morgan fingerprint density at radius 2 is 1.46 bits per heavy atom. The molecule has 188 valence electrons. The fourth-order valence-corrected chi connectivity index (χ4v) is 3.62. The van der Waals surface area contributed by atoms with Gasteiger partial charge in [-0.15, -0.1) is 0 Å². The molecule has 0 spiro atoms. The number of rotatable bonds is 13. The maximum atomic E-state index is 11.5. The quantitative estimate of drug-likeness (QED) is 0.153. The number of carbonyl (C=O) groups is 2. The number of aliphatic carboxylic acids is 2. The molecule has 0 saturated carbocycles. The summed E-state index contributed by atoms with van der Waals surface area (Å²) in [5.74, 6) is -2.36. The van der Waals surface area contributed by atoms with Crippen LogP contribution >= 0.6 is 0 Å². The molecule has 2 aromatic rings. The summed E-state index contributed by atoms with van der Waals surface area (Å²) in [7, 11) is 0. The van der Waals surface area contributed by atoms with Gasteiger partial charge in [-0.2, -0.15) is 0 Å². The Hall–Kier alpha value is -1.66. The number of phenols is 2. The summed E-state index contributed by atoms with van der Waals surface area (Å²) in [5, 5.41) is 58.5. The molecule has 0 heterocycles. The van der Waals surface area contributed by atoms with E-state index in [1.807, 2.05) is 6.92 Å². The predicted molar refractivity (Wildman–Crippen MR) is 119 cm³/mol. The van der Waals surface area contributed by atoms with Crippen LogP contribution in [0.5, 0.6) is 11.5 Å². The van der Waals surface area contributed by atoms with E-state index in [-0.39, 0.29) is 84.4 Å². The van der Waals surface area contributed by atoms with Crippen LogP contribution in [0.2, 0.25) is 0 Å². The van der Waals surface area contributed by atoms with E-state index in [9.17, 15) is 40.2 Å². The SMILES string of the molecule is Cc1ccc(O)c(CN(CC(=O)O)CC(CO)N(CC(=O)O)Cc2cc(CO)ccc2O)c1.[Fe].[Na+]. The fourth-order valence-electron chi connectivity index (χ4n) is 3.62. The summed E-state index contributed by atoms with van der Waals surface area (Å²) in [5.41, 5.74) is 2.28. The summed E-state index contributed by atoms with van der Waals surface area (Å²) >= 11 is 0. The largest absolute Gasteiger partial charge is 1.00 e. The number of phenolic OH excluding ortho intramolecular Hbond substituents is 2. The molecule has 0 bridgehead atoms. The number of hydrogen-bond acceptors (Lipinski definition) is 8. The van der Waals surface area contributed by atoms with Gasteiger partial charge in [0.05, 0.1) is 26.3 Å². The first kappa shape index (κ1) is 33.3. The summed E-state index contributed by atoms with van der Waals surface area (Å²) in [4.78, 5) is 25.9. The van der Waals surface area contributed by atoms with Crippen LogP contribution < -0.4 is 29.6 Å². The van der Waals surface area contributed by atoms with E-state index >= 15 is 0 Å². The first-order valence-electron chi connectivity index (χ1n) is 10.3. The van der Waals surface area contributed by atoms with E-state index < -0.39 is 37.7 Å². The Bertz CT molecular complexity index is 979. The van der Waals surface area contributed by atoms with Gasteiger partial charge in [0.25, 0.3) is 0 Å². The minimum absolute atomic E-state index is 0. The molecule has 2 rings (SSSR count). The Labute approximate surface area is 236 Å². The van der Waals surface area contributed by atoms with Crippen molar-refractivity contribution in [3.8, 4) is 11.5 Å². The summed E-state index contributed by atoms with van der Waals surface area (Å²) < 4.78 is 0. The van der Waals surface area contributed by atoms with Crippen molar-refractivity contribution in [3.63, 3.8) is 0 Å². The number of carboxylic acids is 2. The Morgan fingerprint density at radius 1 is 0.886 bits per heavy atom. The first-order valence-corrected chi connectivity index (χ1v) is 10.3. The Kier molecular flexibility index (Phi) is 15.4. The summed E-state index contributed by atoms with van der Waals surface area (Å²) in [6.07, 6.45) is 0. The predicted octanol–water partition coefficient (Wildman–Crippen LogP) is -2.27. The number of nitrogens with zero attached hydrogens (tertiary/aromatic N) is 2. The van der Waals surface area contributed by atoms with E-state index in [0.717, 1.165) is 5.56 Å². The standard InChI is InChI=1S/C23H30N2O8.Fe.Na/c1-15-2-4-20(28)17(6-15)8-24(11-22(30)31)10-19(14-27)25(12-23(32)33)9-18-7-16(13-26)3-5-21(18)29;;/h2-7,19,26-29H,8-14H2,1H3,(H,30,31)(H,32,33);;/q;;+1. The van der Waals surface area contributed by atoms with E-state index in [4.69, 9.17) is 0 Å². The topological polar surface area (TPSA) is 162 Å². The molecule has 0 aromatic heterocycles. The molecule has 0 aliphatic rings. The molecule has 6 N–H and O–H groups in total. The number of aliphatic hydroxyl groups is 2. The van der Waals surface area contributed by atoms with Gasteiger partial charge in [-0.1, -0.05) is 23.8 Å². The van der Waals surface area contributed by atoms with Crippen molar-refractivity contribution in [1.82, 2.24) is 9.80 Å². The van der Waals surface area contributed by atoms with Crippen LogP contribution in [0.15, 0.2) is 36.4 Å². The molecule has 0 aliphatic heterocycles. The van der Waals surface area contributed by atoms with Crippen molar-refractivity contribution >= 4 is 11.9 Å². The monoisotopic (exact) mass is 541 g/mol. The second-order valence-corrected chi connectivity index (χ2v) is 7.95. The van der Waals surface area contributed by atoms with Crippen molar-refractivity contribution in [2.45, 2.75) is 32.7 Å². The van der Waals surface area contributed by atoms with Gasteiger partial charge in [0.15, 0.2) is 0 Å². The zero-order chi connectivity index (χ0) is 24.5. The Balaban J connectivity index is 0.00000578. The molecule has 2 aromatic carbocycles. The third-order valence-electron chi connectivity index (χ3n) is 5.22. The molecule has 35 heavy (non-hydrogen) atoms. The summed E-state index contributed by atoms with van der Waals surface area (Å²) in [6.45, 7) is 0.259. The molecule has 12 heteroatoms. The first-order chi connectivity index (χ1) is 15.6. The van der Waals surface area contributed by atoms with Crippen LogP contribution in [0.1, 0.15) is 22.3 Å². The van der Waals surface area contributed by atoms with Crippen molar-refractivity contribution in [1.29, 1.82) is 0 Å². The molecule has 0 fully saturated rings. The molecule has 1 unspecified atom stereocenters. The van der Waals surface area contributed by atoms with E-state index in [1.165, 1.54) is 28.0 Å². The van der Waals surface area contributed by atoms with Crippen molar-refractivity contribution in [2.75, 3.05) is 26.2 Å². The van der Waals surface area contributed by atoms with Crippen molar-refractivity contribution < 1.29 is 86.9 Å². The number of hydrogen-bond donors (Lipinski definition) is 6. The fraction of sp³-hybridized carbons (Fsp3) is 0.391. The third kappa shape index (κ3) is 10.9. The van der Waals surface area contributed by atoms with E-state index in [1.54, 1.807) is 18.2 Å². The molecule has 10 nitrogen and oxygen atoms in total. The second kappa shape index (κ2) is 16.2. The maximum absolute atomic E-state index is 11.5. The smallest absolute Gasteiger partial charge is 0.508 e. The molecular weight excluding hydrogens is 511 g/mol. The number of benzene rings is 2. The van der Waals surface area contributed by atoms with Crippen LogP contribution in [0.4, 0.5) is 0 Å². The van der Waals surface area contributed by atoms with E-state index in [2.05, 4.69) is 0 Å². The molecule has 0 aliphatic carbocycles. The number of aliphatic hydroxyl groups excluding tert-OH is 2. The Morgan fingerprint density at radius 3 is 2.00 bits per heavy atom. The normalized spacial score (nSPS) is 11.6. The van der Waals surface area contributed by atoms with Gasteiger partial charge in [0, 0.05) is 53.9 Å². The van der Waals surface area contributed by atoms with Gasteiger partial charge in [-0.3, -0.25) is 19.4 Å². The number of carboxylic acid groups (broad SMARTS) is 2. The van der Waals surface area contributed by atoms with Gasteiger partial charge in [-0.25, -0.2) is 0 Å². The number of aryl methyl sites for hydroxylation is 1. The third-order valence-corrected chi connectivity index (χ3v) is 5.22. The molecule has 1 atom stereocenters. The van der Waals surface area contributed by atoms with Crippen LogP contribution in [0.3, 0.4) is 0 Å². The van der Waals surface area contributed by atoms with Crippen LogP contribution in [0.25, 0.3) is 0 Å². The van der Waals surface area contributed by atoms with Crippen LogP contribution in [0, 0.1) is 6.92 Å². The van der Waals surface area contributed by atoms with Gasteiger partial charge in [0.1, 0.15) is 11.5 Å². The molecule has 0 amide bonds. The second-order valence-electron chi connectivity index (χ2n) is 7.95. The average molecular weight is 541 g/mol. The van der Waals surface area contributed by atoms with Crippen molar-refractivity contribution in [2.24, 2.45) is 0 Å². The van der Waals surface area contributed by atoms with Gasteiger partial charge in [-0.05, 0) is 30.7 Å². The number of aromatic hydroxyl groups is 2. The van der Waals surface area contributed by atoms with Crippen LogP contribution in [-0.2, 0) is 46.4 Å². The van der Waals surface area contributed by atoms with Gasteiger partial charge >= 0.3 is 41.5 Å². The molecule has 0 saturated heterocycles. The minimum atomic E-state index is -1.16. The van der Waals surface area contributed by atoms with Crippen LogP contribution in [-0.4, -0.2) is 84.7 Å². The zero-order valence-electron chi connectivity index (χ0n) is 19.7. The molecule has 0 radical (unpaired) electrons. The maximum Gasteiger partial charge on any atom is 1.00 e. The van der Waals surface area contributed by atoms with E-state index in [0.29, 0.717) is 16.7 Å². The molecular formula is C23H30FeN2NaO8+. The van der Waals surface area contributed by atoms with Gasteiger partial charge < -0.3 is 30.6 Å². The minimum Gasteiger partial charge on any atom is -0.508 e. The zero-order valence-corrected chi connectivity index (χ0v) is 22.8. The van der Waals surface area contributed by atoms with Gasteiger partial charge in [0.2, 0.25) is 0 Å². The summed E-state index contributed by atoms with van der Waals surface area (Å²) in [6, 6.07) is 8.64.